The van der Waals surface area contributed by atoms with Crippen molar-refractivity contribution in [3.05, 3.63) is 35.9 Å². The summed E-state index contributed by atoms with van der Waals surface area (Å²) in [5.41, 5.74) is 1.63. The lowest BCUT2D eigenvalue weighted by Gasteiger charge is -2.51. The van der Waals surface area contributed by atoms with E-state index in [1.807, 2.05) is 0 Å². The number of nitrogens with zero attached hydrogens (tertiary/aromatic N) is 2. The van der Waals surface area contributed by atoms with E-state index in [1.54, 1.807) is 0 Å². The first kappa shape index (κ1) is 17.3. The predicted molar refractivity (Wildman–Crippen MR) is 97.6 cm³/mol. The Bertz CT molecular complexity index is 568. The van der Waals surface area contributed by atoms with E-state index >= 15 is 0 Å². The minimum absolute atomic E-state index is 0.147. The molecule has 1 radical (unpaired) electrons. The fourth-order valence-corrected chi connectivity index (χ4v) is 6.68. The zero-order valence-electron chi connectivity index (χ0n) is 15.8. The molecule has 2 rings (SSSR count). The summed E-state index contributed by atoms with van der Waals surface area (Å²) in [5, 5.41) is 0.295. The molecule has 0 bridgehead atoms. The number of benzene rings is 1. The van der Waals surface area contributed by atoms with Crippen LogP contribution >= 0.6 is 0 Å². The van der Waals surface area contributed by atoms with Gasteiger partial charge in [-0.3, -0.25) is 8.81 Å². The van der Waals surface area contributed by atoms with Crippen LogP contribution in [-0.4, -0.2) is 34.8 Å². The van der Waals surface area contributed by atoms with Gasteiger partial charge in [-0.05, 0) is 53.7 Å². The smallest absolute Gasteiger partial charge is 0.267 e. The lowest BCUT2D eigenvalue weighted by atomic mass is 10.1. The fraction of sp³-hybridized carbons (Fsp3) is 0.632. The van der Waals surface area contributed by atoms with Crippen molar-refractivity contribution in [3.63, 3.8) is 0 Å². The summed E-state index contributed by atoms with van der Waals surface area (Å²) in [5.74, 6) is 1.41. The minimum Gasteiger partial charge on any atom is -0.267 e. The second kappa shape index (κ2) is 5.22. The topological polar surface area (TPSA) is 6.25 Å². The van der Waals surface area contributed by atoms with E-state index in [1.165, 1.54) is 11.4 Å². The van der Waals surface area contributed by atoms with Crippen LogP contribution < -0.4 is 0 Å². The van der Waals surface area contributed by atoms with Crippen molar-refractivity contribution >= 4 is 15.0 Å². The summed E-state index contributed by atoms with van der Waals surface area (Å²) in [6, 6.07) is 10.9. The average molecular weight is 317 g/mol. The molecule has 22 heavy (non-hydrogen) atoms. The zero-order chi connectivity index (χ0) is 16.9. The molecule has 0 amide bonds. The number of rotatable bonds is 1. The lowest BCUT2D eigenvalue weighted by Crippen LogP contribution is -2.76. The quantitative estimate of drug-likeness (QED) is 0.684. The molecule has 1 aliphatic rings. The molecule has 1 heterocycles. The van der Waals surface area contributed by atoms with Gasteiger partial charge >= 0.3 is 9.12 Å². The molecule has 2 nitrogen and oxygen atoms in total. The highest BCUT2D eigenvalue weighted by Crippen LogP contribution is 2.42. The maximum Gasteiger partial charge on any atom is 0.563 e. The van der Waals surface area contributed by atoms with Gasteiger partial charge in [-0.1, -0.05) is 39.0 Å². The third-order valence-electron chi connectivity index (χ3n) is 3.89. The Morgan fingerprint density at radius 1 is 0.818 bits per heavy atom. The van der Waals surface area contributed by atoms with Crippen LogP contribution in [0.1, 0.15) is 67.9 Å². The molecule has 0 fully saturated rings. The molecule has 0 aromatic heterocycles. The lowest BCUT2D eigenvalue weighted by molar-refractivity contribution is -0.511. The largest absolute Gasteiger partial charge is 0.563 e. The fourth-order valence-electron chi connectivity index (χ4n) is 3.14. The van der Waals surface area contributed by atoms with E-state index in [2.05, 4.69) is 101 Å². The molecule has 1 aromatic rings. The van der Waals surface area contributed by atoms with Crippen molar-refractivity contribution < 1.29 is 4.24 Å². The molecule has 0 N–H and O–H groups in total. The van der Waals surface area contributed by atoms with Crippen LogP contribution in [0.15, 0.2) is 30.3 Å². The number of amidine groups is 1. The van der Waals surface area contributed by atoms with Gasteiger partial charge in [-0.15, -0.1) is 0 Å². The second-order valence-electron chi connectivity index (χ2n) is 9.28. The summed E-state index contributed by atoms with van der Waals surface area (Å²) in [6.45, 7) is 21.2. The first-order valence-corrected chi connectivity index (χ1v) is 9.65. The molecule has 0 saturated carbocycles. The molecule has 0 atom stereocenters. The summed E-state index contributed by atoms with van der Waals surface area (Å²) < 4.78 is 5.41. The Balaban J connectivity index is 2.70. The standard InChI is InChI=1S/C19H32N2Si/c1-17(2,3)20-16(15-13-11-10-12-14-15)21(18(4,5)6)22(20)19(7,8)9/h10-14H,1-9H3/q+1. The van der Waals surface area contributed by atoms with Gasteiger partial charge < -0.3 is 0 Å². The first-order valence-electron chi connectivity index (χ1n) is 8.25. The number of hydrogen-bond acceptors (Lipinski definition) is 1. The van der Waals surface area contributed by atoms with Crippen LogP contribution in [0.3, 0.4) is 0 Å². The van der Waals surface area contributed by atoms with Crippen molar-refractivity contribution in [1.29, 1.82) is 0 Å². The average Bonchev–Trinajstić information content (AvgIpc) is 2.22. The van der Waals surface area contributed by atoms with Gasteiger partial charge in [0.15, 0.2) is 0 Å². The van der Waals surface area contributed by atoms with Crippen LogP contribution in [0.5, 0.6) is 0 Å². The molecule has 0 saturated heterocycles. The Labute approximate surface area is 138 Å². The Morgan fingerprint density at radius 2 is 1.32 bits per heavy atom. The van der Waals surface area contributed by atoms with Crippen LogP contribution in [0.25, 0.3) is 0 Å². The summed E-state index contributed by atoms with van der Waals surface area (Å²) in [6.07, 6.45) is 0. The monoisotopic (exact) mass is 316 g/mol. The molecule has 121 valence electrons. The Morgan fingerprint density at radius 3 is 1.68 bits per heavy atom. The van der Waals surface area contributed by atoms with Gasteiger partial charge in [0.05, 0.1) is 16.6 Å². The summed E-state index contributed by atoms with van der Waals surface area (Å²) in [4.78, 5) is 0. The molecule has 1 aliphatic heterocycles. The van der Waals surface area contributed by atoms with Crippen molar-refractivity contribution in [3.8, 4) is 0 Å². The van der Waals surface area contributed by atoms with Crippen molar-refractivity contribution in [2.24, 2.45) is 0 Å². The van der Waals surface area contributed by atoms with E-state index in [4.69, 9.17) is 0 Å². The van der Waals surface area contributed by atoms with E-state index in [0.29, 0.717) is 5.04 Å². The molecule has 3 heteroatoms. The van der Waals surface area contributed by atoms with Gasteiger partial charge in [0.25, 0.3) is 5.84 Å². The zero-order valence-corrected chi connectivity index (χ0v) is 16.8. The third-order valence-corrected chi connectivity index (χ3v) is 7.85. The molecule has 0 spiro atoms. The van der Waals surface area contributed by atoms with Gasteiger partial charge in [-0.25, -0.2) is 0 Å². The van der Waals surface area contributed by atoms with E-state index in [0.717, 1.165) is 0 Å². The third kappa shape index (κ3) is 3.01. The normalized spacial score (nSPS) is 17.8. The highest BCUT2D eigenvalue weighted by atomic mass is 28.3. The molecule has 0 unspecified atom stereocenters. The van der Waals surface area contributed by atoms with E-state index in [-0.39, 0.29) is 11.1 Å². The Hall–Kier alpha value is -1.09. The van der Waals surface area contributed by atoms with Gasteiger partial charge in [0, 0.05) is 5.04 Å². The maximum absolute atomic E-state index is 2.71. The first-order chi connectivity index (χ1) is 9.85. The van der Waals surface area contributed by atoms with Crippen molar-refractivity contribution in [2.75, 3.05) is 0 Å². The van der Waals surface area contributed by atoms with Gasteiger partial charge in [0.1, 0.15) is 0 Å². The Kier molecular flexibility index (Phi) is 4.10. The molecular formula is C19H32N2Si+. The summed E-state index contributed by atoms with van der Waals surface area (Å²) in [7, 11) is -0.821. The molecule has 1 aromatic carbocycles. The highest BCUT2D eigenvalue weighted by molar-refractivity contribution is 6.60. The SMILES string of the molecule is CC(C)(C)N1C(c2ccccc2)=[N+](C(C)(C)C)[Si]1C(C)(C)C. The minimum atomic E-state index is -0.821. The second-order valence-corrected chi connectivity index (χ2v) is 12.3. The van der Waals surface area contributed by atoms with Gasteiger partial charge in [-0.2, -0.15) is 0 Å². The van der Waals surface area contributed by atoms with Gasteiger partial charge in [0.2, 0.25) is 0 Å². The number of hydrogen-bond donors (Lipinski definition) is 0. The summed E-state index contributed by atoms with van der Waals surface area (Å²) >= 11 is 0. The predicted octanol–water partition coefficient (Wildman–Crippen LogP) is 4.65. The molecular weight excluding hydrogens is 284 g/mol. The molecule has 0 aliphatic carbocycles. The maximum atomic E-state index is 2.71. The van der Waals surface area contributed by atoms with Crippen LogP contribution in [0.4, 0.5) is 0 Å². The van der Waals surface area contributed by atoms with Crippen molar-refractivity contribution in [2.45, 2.75) is 78.4 Å². The van der Waals surface area contributed by atoms with Crippen LogP contribution in [0, 0.1) is 0 Å². The van der Waals surface area contributed by atoms with Crippen molar-refractivity contribution in [1.82, 2.24) is 4.57 Å². The van der Waals surface area contributed by atoms with E-state index < -0.39 is 9.12 Å². The van der Waals surface area contributed by atoms with Crippen LogP contribution in [-0.2, 0) is 0 Å². The van der Waals surface area contributed by atoms with E-state index in [9.17, 15) is 0 Å². The highest BCUT2D eigenvalue weighted by Gasteiger charge is 2.65. The van der Waals surface area contributed by atoms with Crippen LogP contribution in [0.2, 0.25) is 5.04 Å².